The lowest BCUT2D eigenvalue weighted by Gasteiger charge is -2.33. The Balaban J connectivity index is 1.94. The maximum atomic E-state index is 12.8. The fourth-order valence-electron chi connectivity index (χ4n) is 4.01. The number of nitrogens with zero attached hydrogens (tertiary/aromatic N) is 2. The number of aliphatic carboxylic acids is 1. The van der Waals surface area contributed by atoms with Crippen LogP contribution in [0.4, 0.5) is 0 Å². The number of amides is 1. The molecule has 8 heteroatoms. The zero-order valence-electron chi connectivity index (χ0n) is 16.1. The van der Waals surface area contributed by atoms with E-state index in [0.717, 1.165) is 6.42 Å². The molecule has 0 aliphatic carbocycles. The number of likely N-dealkylation sites (tertiary alicyclic amines) is 1. The Bertz CT molecular complexity index is 625. The Morgan fingerprint density at radius 2 is 1.81 bits per heavy atom. The topological polar surface area (TPSA) is 95.0 Å². The van der Waals surface area contributed by atoms with Crippen LogP contribution in [0, 0.1) is 17.3 Å². The average molecular weight is 389 g/mol. The van der Waals surface area contributed by atoms with Crippen LogP contribution in [0.1, 0.15) is 52.9 Å². The highest BCUT2D eigenvalue weighted by molar-refractivity contribution is 7.89. The van der Waals surface area contributed by atoms with Crippen LogP contribution >= 0.6 is 0 Å². The summed E-state index contributed by atoms with van der Waals surface area (Å²) >= 11 is 0. The minimum absolute atomic E-state index is 0.0145. The number of piperidine rings is 1. The van der Waals surface area contributed by atoms with Gasteiger partial charge in [0.2, 0.25) is 15.9 Å². The molecular formula is C18H32N2O5S. The molecule has 0 aromatic carbocycles. The van der Waals surface area contributed by atoms with Crippen molar-refractivity contribution in [3.8, 4) is 0 Å². The summed E-state index contributed by atoms with van der Waals surface area (Å²) in [6.45, 7) is 7.23. The zero-order chi connectivity index (χ0) is 19.5. The van der Waals surface area contributed by atoms with Gasteiger partial charge in [-0.3, -0.25) is 9.59 Å². The molecule has 2 rings (SSSR count). The molecule has 7 nitrogen and oxygen atoms in total. The number of carboxylic acids is 1. The molecule has 0 radical (unpaired) electrons. The molecular weight excluding hydrogens is 356 g/mol. The molecule has 0 spiro atoms. The van der Waals surface area contributed by atoms with E-state index in [2.05, 4.69) is 0 Å². The molecule has 0 aromatic rings. The van der Waals surface area contributed by atoms with Gasteiger partial charge in [-0.05, 0) is 31.6 Å². The molecule has 150 valence electrons. The van der Waals surface area contributed by atoms with E-state index in [1.165, 1.54) is 4.31 Å². The van der Waals surface area contributed by atoms with E-state index in [4.69, 9.17) is 0 Å². The van der Waals surface area contributed by atoms with E-state index in [0.29, 0.717) is 45.3 Å². The molecule has 0 saturated carbocycles. The Hall–Kier alpha value is -1.15. The fraction of sp³-hybridized carbons (Fsp3) is 0.889. The number of carbonyl (C=O) groups is 2. The van der Waals surface area contributed by atoms with Gasteiger partial charge in [0.1, 0.15) is 0 Å². The highest BCUT2D eigenvalue weighted by Crippen LogP contribution is 2.39. The number of carbonyl (C=O) groups excluding carboxylic acids is 1. The summed E-state index contributed by atoms with van der Waals surface area (Å²) in [6.07, 6.45) is 3.01. The summed E-state index contributed by atoms with van der Waals surface area (Å²) in [5.74, 6) is -0.921. The molecule has 2 saturated heterocycles. The van der Waals surface area contributed by atoms with Crippen LogP contribution < -0.4 is 0 Å². The number of hydrogen-bond acceptors (Lipinski definition) is 4. The first kappa shape index (κ1) is 21.2. The van der Waals surface area contributed by atoms with Crippen LogP contribution in [0.3, 0.4) is 0 Å². The molecule has 2 aliphatic rings. The predicted octanol–water partition coefficient (Wildman–Crippen LogP) is 1.79. The summed E-state index contributed by atoms with van der Waals surface area (Å²) in [5, 5.41) is 9.63. The van der Waals surface area contributed by atoms with Crippen LogP contribution in [0.25, 0.3) is 0 Å². The van der Waals surface area contributed by atoms with E-state index >= 15 is 0 Å². The van der Waals surface area contributed by atoms with Crippen LogP contribution in [0.5, 0.6) is 0 Å². The summed E-state index contributed by atoms with van der Waals surface area (Å²) in [7, 11) is -3.22. The van der Waals surface area contributed by atoms with Crippen molar-refractivity contribution in [1.29, 1.82) is 0 Å². The summed E-state index contributed by atoms with van der Waals surface area (Å²) < 4.78 is 26.1. The van der Waals surface area contributed by atoms with Crippen LogP contribution in [0.2, 0.25) is 0 Å². The number of carboxylic acid groups (broad SMARTS) is 1. The van der Waals surface area contributed by atoms with Crippen molar-refractivity contribution >= 4 is 21.9 Å². The monoisotopic (exact) mass is 388 g/mol. The van der Waals surface area contributed by atoms with Gasteiger partial charge in [0.05, 0.1) is 11.2 Å². The second-order valence-corrected chi connectivity index (χ2v) is 10.1. The lowest BCUT2D eigenvalue weighted by atomic mass is 9.76. The van der Waals surface area contributed by atoms with Gasteiger partial charge in [-0.1, -0.05) is 27.2 Å². The van der Waals surface area contributed by atoms with Crippen LogP contribution in [0.15, 0.2) is 0 Å². The summed E-state index contributed by atoms with van der Waals surface area (Å²) in [6, 6.07) is 0. The largest absolute Gasteiger partial charge is 0.481 e. The van der Waals surface area contributed by atoms with Crippen molar-refractivity contribution in [1.82, 2.24) is 9.21 Å². The highest BCUT2D eigenvalue weighted by atomic mass is 32.2. The molecule has 2 aliphatic heterocycles. The zero-order valence-corrected chi connectivity index (χ0v) is 16.9. The number of sulfonamides is 1. The third kappa shape index (κ3) is 4.22. The SMILES string of the molecule is CCCCS(=O)(=O)N1CCC(C(=O)N2CCC(C(=O)O)(C(C)C)C2)CC1. The maximum absolute atomic E-state index is 12.8. The lowest BCUT2D eigenvalue weighted by Crippen LogP contribution is -2.46. The van der Waals surface area contributed by atoms with E-state index in [-0.39, 0.29) is 30.0 Å². The number of hydrogen-bond donors (Lipinski definition) is 1. The highest BCUT2D eigenvalue weighted by Gasteiger charge is 2.49. The van der Waals surface area contributed by atoms with E-state index < -0.39 is 21.4 Å². The van der Waals surface area contributed by atoms with Crippen LogP contribution in [-0.4, -0.2) is 66.5 Å². The predicted molar refractivity (Wildman–Crippen MR) is 99.1 cm³/mol. The van der Waals surface area contributed by atoms with Gasteiger partial charge in [-0.2, -0.15) is 0 Å². The molecule has 1 unspecified atom stereocenters. The standard InChI is InChI=1S/C18H32N2O5S/c1-4-5-12-26(24,25)20-9-6-15(7-10-20)16(21)19-11-8-18(13-19,14(2)3)17(22)23/h14-15H,4-13H2,1-3H3,(H,22,23). The average Bonchev–Trinajstić information content (AvgIpc) is 3.06. The van der Waals surface area contributed by atoms with Gasteiger partial charge in [-0.15, -0.1) is 0 Å². The quantitative estimate of drug-likeness (QED) is 0.717. The smallest absolute Gasteiger partial charge is 0.311 e. The Kier molecular flexibility index (Phi) is 6.71. The van der Waals surface area contributed by atoms with E-state index in [9.17, 15) is 23.1 Å². The molecule has 26 heavy (non-hydrogen) atoms. The Morgan fingerprint density at radius 3 is 2.27 bits per heavy atom. The second-order valence-electron chi connectivity index (χ2n) is 7.97. The first-order valence-corrected chi connectivity index (χ1v) is 11.2. The van der Waals surface area contributed by atoms with Gasteiger partial charge in [0.25, 0.3) is 0 Å². The van der Waals surface area contributed by atoms with Crippen LogP contribution in [-0.2, 0) is 19.6 Å². The van der Waals surface area contributed by atoms with E-state index in [1.807, 2.05) is 20.8 Å². The first-order chi connectivity index (χ1) is 12.1. The number of rotatable bonds is 7. The van der Waals surface area contributed by atoms with Gasteiger partial charge in [-0.25, -0.2) is 12.7 Å². The van der Waals surface area contributed by atoms with Crippen molar-refractivity contribution in [3.05, 3.63) is 0 Å². The van der Waals surface area contributed by atoms with Gasteiger partial charge in [0.15, 0.2) is 0 Å². The Morgan fingerprint density at radius 1 is 1.19 bits per heavy atom. The van der Waals surface area contributed by atoms with Crippen molar-refractivity contribution in [2.24, 2.45) is 17.3 Å². The third-order valence-electron chi connectivity index (χ3n) is 6.10. The molecule has 1 atom stereocenters. The van der Waals surface area contributed by atoms with Crippen molar-refractivity contribution in [3.63, 3.8) is 0 Å². The number of unbranched alkanes of at least 4 members (excludes halogenated alkanes) is 1. The first-order valence-electron chi connectivity index (χ1n) is 9.64. The molecule has 1 amide bonds. The molecule has 2 heterocycles. The fourth-order valence-corrected chi connectivity index (χ4v) is 5.69. The van der Waals surface area contributed by atoms with Crippen molar-refractivity contribution < 1.29 is 23.1 Å². The van der Waals surface area contributed by atoms with E-state index in [1.54, 1.807) is 4.90 Å². The Labute approximate surface area is 156 Å². The molecule has 2 fully saturated rings. The minimum Gasteiger partial charge on any atom is -0.481 e. The summed E-state index contributed by atoms with van der Waals surface area (Å²) in [5.41, 5.74) is -0.861. The minimum atomic E-state index is -3.22. The molecule has 0 aromatic heterocycles. The van der Waals surface area contributed by atoms with Gasteiger partial charge < -0.3 is 10.0 Å². The molecule has 1 N–H and O–H groups in total. The van der Waals surface area contributed by atoms with Gasteiger partial charge in [0, 0.05) is 32.1 Å². The second kappa shape index (κ2) is 8.25. The normalized spacial score (nSPS) is 25.8. The molecule has 0 bridgehead atoms. The maximum Gasteiger partial charge on any atom is 0.311 e. The van der Waals surface area contributed by atoms with Crippen molar-refractivity contribution in [2.45, 2.75) is 52.9 Å². The van der Waals surface area contributed by atoms with Gasteiger partial charge >= 0.3 is 5.97 Å². The third-order valence-corrected chi connectivity index (χ3v) is 8.05. The summed E-state index contributed by atoms with van der Waals surface area (Å²) in [4.78, 5) is 26.2. The van der Waals surface area contributed by atoms with Crippen molar-refractivity contribution in [2.75, 3.05) is 31.9 Å². The lowest BCUT2D eigenvalue weighted by molar-refractivity contribution is -0.151.